The van der Waals surface area contributed by atoms with Crippen LogP contribution in [0.15, 0.2) is 54.6 Å². The van der Waals surface area contributed by atoms with E-state index < -0.39 is 0 Å². The van der Waals surface area contributed by atoms with Crippen molar-refractivity contribution < 1.29 is 0 Å². The lowest BCUT2D eigenvalue weighted by Crippen LogP contribution is -1.95. The third-order valence-corrected chi connectivity index (χ3v) is 3.27. The predicted molar refractivity (Wildman–Crippen MR) is 66.2 cm³/mol. The highest BCUT2D eigenvalue weighted by molar-refractivity contribution is 6.03. The molecule has 0 saturated heterocycles. The van der Waals surface area contributed by atoms with Crippen molar-refractivity contribution in [3.8, 4) is 0 Å². The molecule has 0 aliphatic heterocycles. The summed E-state index contributed by atoms with van der Waals surface area (Å²) >= 11 is 0. The Morgan fingerprint density at radius 2 is 1.56 bits per heavy atom. The van der Waals surface area contributed by atoms with Crippen molar-refractivity contribution in [1.29, 1.82) is 5.41 Å². The van der Waals surface area contributed by atoms with Gasteiger partial charge < -0.3 is 5.41 Å². The molecule has 0 radical (unpaired) electrons. The van der Waals surface area contributed by atoms with E-state index in [9.17, 15) is 0 Å². The van der Waals surface area contributed by atoms with E-state index >= 15 is 0 Å². The van der Waals surface area contributed by atoms with Gasteiger partial charge in [-0.1, -0.05) is 54.6 Å². The van der Waals surface area contributed by atoms with E-state index in [2.05, 4.69) is 42.5 Å². The molecule has 2 aromatic rings. The molecule has 0 spiro atoms. The molecule has 1 N–H and O–H groups in total. The van der Waals surface area contributed by atoms with Crippen LogP contribution in [0.25, 0.3) is 0 Å². The van der Waals surface area contributed by atoms with E-state index in [1.807, 2.05) is 12.1 Å². The second-order valence-corrected chi connectivity index (χ2v) is 4.23. The van der Waals surface area contributed by atoms with Gasteiger partial charge in [-0.25, -0.2) is 0 Å². The fraction of sp³-hybridized carbons (Fsp3) is 0.133. The summed E-state index contributed by atoms with van der Waals surface area (Å²) < 4.78 is 0. The standard InChI is InChI=1S/C15H13N/c16-15-10-14(11-6-2-1-3-7-11)12-8-4-5-9-13(12)15/h1-9,14,16H,10H2. The van der Waals surface area contributed by atoms with Crippen molar-refractivity contribution in [2.75, 3.05) is 0 Å². The van der Waals surface area contributed by atoms with E-state index in [1.165, 1.54) is 11.1 Å². The maximum Gasteiger partial charge on any atom is 0.0398 e. The summed E-state index contributed by atoms with van der Waals surface area (Å²) in [6, 6.07) is 18.8. The quantitative estimate of drug-likeness (QED) is 0.739. The monoisotopic (exact) mass is 207 g/mol. The first-order valence-electron chi connectivity index (χ1n) is 5.58. The molecule has 0 heterocycles. The molecule has 0 saturated carbocycles. The molecule has 1 atom stereocenters. The van der Waals surface area contributed by atoms with Crippen molar-refractivity contribution in [2.24, 2.45) is 0 Å². The average molecular weight is 207 g/mol. The topological polar surface area (TPSA) is 23.9 Å². The molecular formula is C15H13N. The van der Waals surface area contributed by atoms with E-state index in [-0.39, 0.29) is 0 Å². The van der Waals surface area contributed by atoms with Crippen LogP contribution in [0.5, 0.6) is 0 Å². The van der Waals surface area contributed by atoms with Crippen molar-refractivity contribution in [3.05, 3.63) is 71.3 Å². The number of nitrogens with one attached hydrogen (secondary N) is 1. The second kappa shape index (κ2) is 3.60. The Labute approximate surface area is 95.3 Å². The summed E-state index contributed by atoms with van der Waals surface area (Å²) in [4.78, 5) is 0. The first-order chi connectivity index (χ1) is 7.86. The summed E-state index contributed by atoms with van der Waals surface area (Å²) in [6.45, 7) is 0. The third kappa shape index (κ3) is 1.36. The Kier molecular flexibility index (Phi) is 2.10. The molecule has 1 heteroatoms. The van der Waals surface area contributed by atoms with E-state index in [0.717, 1.165) is 17.7 Å². The lowest BCUT2D eigenvalue weighted by atomic mass is 9.93. The minimum atomic E-state index is 0.380. The van der Waals surface area contributed by atoms with Gasteiger partial charge in [0, 0.05) is 18.1 Å². The van der Waals surface area contributed by atoms with Crippen LogP contribution in [0.2, 0.25) is 0 Å². The van der Waals surface area contributed by atoms with Gasteiger partial charge in [0.25, 0.3) is 0 Å². The highest BCUT2D eigenvalue weighted by atomic mass is 14.5. The molecule has 1 nitrogen and oxygen atoms in total. The molecule has 0 aromatic heterocycles. The SMILES string of the molecule is N=C1CC(c2ccccc2)c2ccccc21. The van der Waals surface area contributed by atoms with Gasteiger partial charge in [-0.3, -0.25) is 0 Å². The molecule has 2 aromatic carbocycles. The van der Waals surface area contributed by atoms with E-state index in [1.54, 1.807) is 0 Å². The van der Waals surface area contributed by atoms with Crippen molar-refractivity contribution >= 4 is 5.71 Å². The zero-order chi connectivity index (χ0) is 11.0. The summed E-state index contributed by atoms with van der Waals surface area (Å²) in [7, 11) is 0. The highest BCUT2D eigenvalue weighted by Gasteiger charge is 2.26. The summed E-state index contributed by atoms with van der Waals surface area (Å²) in [5.74, 6) is 0.380. The van der Waals surface area contributed by atoms with Crippen LogP contribution in [0, 0.1) is 5.41 Å². The molecule has 0 fully saturated rings. The maximum absolute atomic E-state index is 8.01. The van der Waals surface area contributed by atoms with Gasteiger partial charge in [-0.2, -0.15) is 0 Å². The minimum Gasteiger partial charge on any atom is -0.305 e. The van der Waals surface area contributed by atoms with Gasteiger partial charge in [0.15, 0.2) is 0 Å². The number of hydrogen-bond donors (Lipinski definition) is 1. The second-order valence-electron chi connectivity index (χ2n) is 4.23. The minimum absolute atomic E-state index is 0.380. The van der Waals surface area contributed by atoms with Crippen LogP contribution in [0.1, 0.15) is 29.0 Å². The molecule has 0 bridgehead atoms. The van der Waals surface area contributed by atoms with Crippen molar-refractivity contribution in [3.63, 3.8) is 0 Å². The molecule has 1 aliphatic rings. The summed E-state index contributed by atoms with van der Waals surface area (Å²) in [6.07, 6.45) is 0.837. The normalized spacial score (nSPS) is 18.5. The predicted octanol–water partition coefficient (Wildman–Crippen LogP) is 3.59. The summed E-state index contributed by atoms with van der Waals surface area (Å²) in [5.41, 5.74) is 4.51. The fourth-order valence-corrected chi connectivity index (χ4v) is 2.48. The molecule has 1 unspecified atom stereocenters. The largest absolute Gasteiger partial charge is 0.305 e. The van der Waals surface area contributed by atoms with Crippen LogP contribution in [0.3, 0.4) is 0 Å². The maximum atomic E-state index is 8.01. The van der Waals surface area contributed by atoms with Gasteiger partial charge in [0.05, 0.1) is 0 Å². The van der Waals surface area contributed by atoms with Crippen LogP contribution < -0.4 is 0 Å². The van der Waals surface area contributed by atoms with Crippen LogP contribution in [-0.2, 0) is 0 Å². The fourth-order valence-electron chi connectivity index (χ4n) is 2.48. The Hall–Kier alpha value is -1.89. The first-order valence-corrected chi connectivity index (χ1v) is 5.58. The first kappa shape index (κ1) is 9.34. The zero-order valence-corrected chi connectivity index (χ0v) is 8.98. The highest BCUT2D eigenvalue weighted by Crippen LogP contribution is 2.37. The summed E-state index contributed by atoms with van der Waals surface area (Å²) in [5, 5.41) is 8.01. The van der Waals surface area contributed by atoms with Crippen LogP contribution in [0.4, 0.5) is 0 Å². The molecular weight excluding hydrogens is 194 g/mol. The smallest absolute Gasteiger partial charge is 0.0398 e. The molecule has 16 heavy (non-hydrogen) atoms. The Morgan fingerprint density at radius 1 is 0.875 bits per heavy atom. The molecule has 1 aliphatic carbocycles. The van der Waals surface area contributed by atoms with Gasteiger partial charge >= 0.3 is 0 Å². The number of hydrogen-bond acceptors (Lipinski definition) is 1. The lowest BCUT2D eigenvalue weighted by molar-refractivity contribution is 0.887. The zero-order valence-electron chi connectivity index (χ0n) is 8.98. The van der Waals surface area contributed by atoms with E-state index in [4.69, 9.17) is 5.41 Å². The van der Waals surface area contributed by atoms with Crippen molar-refractivity contribution in [2.45, 2.75) is 12.3 Å². The Balaban J connectivity index is 2.11. The number of rotatable bonds is 1. The number of benzene rings is 2. The molecule has 78 valence electrons. The van der Waals surface area contributed by atoms with Crippen LogP contribution in [-0.4, -0.2) is 5.71 Å². The van der Waals surface area contributed by atoms with Gasteiger partial charge in [-0.15, -0.1) is 0 Å². The van der Waals surface area contributed by atoms with Gasteiger partial charge in [0.1, 0.15) is 0 Å². The Morgan fingerprint density at radius 3 is 2.38 bits per heavy atom. The average Bonchev–Trinajstić information content (AvgIpc) is 2.69. The number of fused-ring (bicyclic) bond motifs is 1. The van der Waals surface area contributed by atoms with E-state index in [0.29, 0.717) is 5.92 Å². The van der Waals surface area contributed by atoms with Crippen molar-refractivity contribution in [1.82, 2.24) is 0 Å². The lowest BCUT2D eigenvalue weighted by Gasteiger charge is -2.10. The van der Waals surface area contributed by atoms with Crippen LogP contribution >= 0.6 is 0 Å². The van der Waals surface area contributed by atoms with Gasteiger partial charge in [-0.05, 0) is 16.7 Å². The molecule has 0 amide bonds. The van der Waals surface area contributed by atoms with Gasteiger partial charge in [0.2, 0.25) is 0 Å². The Bertz CT molecular complexity index is 528. The molecule has 3 rings (SSSR count). The third-order valence-electron chi connectivity index (χ3n) is 3.27.